The number of thiophene rings is 1. The van der Waals surface area contributed by atoms with Gasteiger partial charge in [-0.1, -0.05) is 30.0 Å². The average molecular weight is 352 g/mol. The highest BCUT2D eigenvalue weighted by molar-refractivity contribution is 7.98. The molecule has 4 rings (SSSR count). The van der Waals surface area contributed by atoms with Gasteiger partial charge >= 0.3 is 0 Å². The quantitative estimate of drug-likeness (QED) is 0.561. The lowest BCUT2D eigenvalue weighted by atomic mass is 9.97. The van der Waals surface area contributed by atoms with Crippen LogP contribution in [0.15, 0.2) is 29.4 Å². The number of fused-ring (bicyclic) bond motifs is 3. The second kappa shape index (κ2) is 6.42. The van der Waals surface area contributed by atoms with E-state index in [1.54, 1.807) is 11.3 Å². The van der Waals surface area contributed by atoms with E-state index in [1.807, 2.05) is 24.3 Å². The third-order valence-corrected chi connectivity index (χ3v) is 6.40. The van der Waals surface area contributed by atoms with Crippen LogP contribution in [-0.4, -0.2) is 9.97 Å². The molecule has 1 aliphatic carbocycles. The number of hydrogen-bond donors (Lipinski definition) is 1. The molecule has 2 N–H and O–H groups in total. The number of nitrogen functional groups attached to an aromatic ring is 1. The van der Waals surface area contributed by atoms with Crippen molar-refractivity contribution in [3.63, 3.8) is 0 Å². The molecule has 120 valence electrons. The summed E-state index contributed by atoms with van der Waals surface area (Å²) in [4.78, 5) is 11.7. The Morgan fingerprint density at radius 3 is 2.92 bits per heavy atom. The largest absolute Gasteiger partial charge is 0.383 e. The molecule has 24 heavy (non-hydrogen) atoms. The molecule has 3 aromatic rings. The number of thioether (sulfide) groups is 1. The third-order valence-electron chi connectivity index (χ3n) is 4.32. The zero-order valence-corrected chi connectivity index (χ0v) is 14.7. The van der Waals surface area contributed by atoms with Crippen LogP contribution in [0.4, 0.5) is 5.82 Å². The van der Waals surface area contributed by atoms with Crippen LogP contribution in [0.25, 0.3) is 10.2 Å². The lowest BCUT2D eigenvalue weighted by molar-refractivity contribution is 0.700. The topological polar surface area (TPSA) is 75.6 Å². The molecular weight excluding hydrogens is 336 g/mol. The first kappa shape index (κ1) is 15.4. The van der Waals surface area contributed by atoms with Gasteiger partial charge in [0.1, 0.15) is 10.6 Å². The molecule has 0 unspecified atom stereocenters. The summed E-state index contributed by atoms with van der Waals surface area (Å²) in [5.41, 5.74) is 9.30. The van der Waals surface area contributed by atoms with E-state index >= 15 is 0 Å². The van der Waals surface area contributed by atoms with E-state index in [0.717, 1.165) is 28.6 Å². The molecule has 2 heterocycles. The fourth-order valence-corrected chi connectivity index (χ4v) is 5.31. The maximum atomic E-state index is 9.19. The number of rotatable bonds is 3. The van der Waals surface area contributed by atoms with Gasteiger partial charge in [-0.3, -0.25) is 0 Å². The van der Waals surface area contributed by atoms with Crippen molar-refractivity contribution in [2.75, 3.05) is 5.73 Å². The van der Waals surface area contributed by atoms with Crippen molar-refractivity contribution in [2.45, 2.75) is 36.6 Å². The molecular formula is C18H16N4S2. The first-order chi connectivity index (χ1) is 11.8. The smallest absolute Gasteiger partial charge is 0.191 e. The predicted octanol–water partition coefficient (Wildman–Crippen LogP) is 4.32. The molecule has 0 atom stereocenters. The van der Waals surface area contributed by atoms with E-state index < -0.39 is 0 Å². The summed E-state index contributed by atoms with van der Waals surface area (Å²) in [6.45, 7) is 0. The molecule has 1 aromatic carbocycles. The number of nitrogens with zero attached hydrogens (tertiary/aromatic N) is 3. The monoisotopic (exact) mass is 352 g/mol. The van der Waals surface area contributed by atoms with Crippen molar-refractivity contribution in [1.82, 2.24) is 9.97 Å². The Morgan fingerprint density at radius 2 is 2.04 bits per heavy atom. The van der Waals surface area contributed by atoms with Crippen molar-refractivity contribution in [3.05, 3.63) is 45.8 Å². The molecule has 0 amide bonds. The van der Waals surface area contributed by atoms with Gasteiger partial charge in [0.05, 0.1) is 17.0 Å². The van der Waals surface area contributed by atoms with Crippen LogP contribution < -0.4 is 5.73 Å². The van der Waals surface area contributed by atoms with Gasteiger partial charge in [-0.2, -0.15) is 5.26 Å². The Morgan fingerprint density at radius 1 is 1.21 bits per heavy atom. The van der Waals surface area contributed by atoms with Crippen LogP contribution in [0.1, 0.15) is 34.4 Å². The Labute approximate surface area is 148 Å². The Bertz CT molecular complexity index is 956. The summed E-state index contributed by atoms with van der Waals surface area (Å²) in [6.07, 6.45) is 4.69. The highest BCUT2D eigenvalue weighted by Crippen LogP contribution is 2.38. The highest BCUT2D eigenvalue weighted by Gasteiger charge is 2.20. The van der Waals surface area contributed by atoms with Gasteiger partial charge in [-0.25, -0.2) is 9.97 Å². The van der Waals surface area contributed by atoms with Crippen LogP contribution in [0.2, 0.25) is 0 Å². The molecule has 4 nitrogen and oxygen atoms in total. The van der Waals surface area contributed by atoms with Gasteiger partial charge in [0.15, 0.2) is 5.16 Å². The zero-order valence-electron chi connectivity index (χ0n) is 13.1. The number of nitriles is 1. The number of nitrogens with two attached hydrogens (primary N) is 1. The fourth-order valence-electron chi connectivity index (χ4n) is 3.13. The first-order valence-electron chi connectivity index (χ1n) is 7.95. The fraction of sp³-hybridized carbons (Fsp3) is 0.278. The van der Waals surface area contributed by atoms with Gasteiger partial charge in [-0.15, -0.1) is 11.3 Å². The van der Waals surface area contributed by atoms with Crippen LogP contribution in [-0.2, 0) is 18.6 Å². The number of benzene rings is 1. The molecule has 0 saturated heterocycles. The number of anilines is 1. The van der Waals surface area contributed by atoms with E-state index in [0.29, 0.717) is 22.3 Å². The molecule has 0 aliphatic heterocycles. The predicted molar refractivity (Wildman–Crippen MR) is 99.2 cm³/mol. The molecule has 0 radical (unpaired) electrons. The van der Waals surface area contributed by atoms with E-state index in [4.69, 9.17) is 10.7 Å². The standard InChI is InChI=1S/C18H16N4S2/c19-9-11-5-1-2-6-12(11)10-23-18-21-16(20)15-13-7-3-4-8-14(13)24-17(15)22-18/h1-2,5-6H,3-4,7-8,10H2,(H2,20,21,22). The summed E-state index contributed by atoms with van der Waals surface area (Å²) in [5.74, 6) is 1.26. The van der Waals surface area contributed by atoms with Crippen LogP contribution in [0, 0.1) is 11.3 Å². The SMILES string of the molecule is N#Cc1ccccc1CSc1nc(N)c2c3c(sc2n1)CCCC3. The van der Waals surface area contributed by atoms with Gasteiger partial charge in [0.2, 0.25) is 0 Å². The van der Waals surface area contributed by atoms with E-state index in [2.05, 4.69) is 11.1 Å². The van der Waals surface area contributed by atoms with Crippen molar-refractivity contribution in [2.24, 2.45) is 0 Å². The normalized spacial score (nSPS) is 13.6. The molecule has 2 aromatic heterocycles. The van der Waals surface area contributed by atoms with Crippen LogP contribution in [0.5, 0.6) is 0 Å². The molecule has 6 heteroatoms. The van der Waals surface area contributed by atoms with Crippen LogP contribution in [0.3, 0.4) is 0 Å². The molecule has 0 bridgehead atoms. The van der Waals surface area contributed by atoms with Gasteiger partial charge in [-0.05, 0) is 42.9 Å². The third kappa shape index (κ3) is 2.74. The van der Waals surface area contributed by atoms with Crippen molar-refractivity contribution >= 4 is 39.1 Å². The Kier molecular flexibility index (Phi) is 4.13. The zero-order chi connectivity index (χ0) is 16.5. The van der Waals surface area contributed by atoms with E-state index in [-0.39, 0.29) is 0 Å². The minimum absolute atomic E-state index is 0.593. The summed E-state index contributed by atoms with van der Waals surface area (Å²) in [6, 6.07) is 9.86. The summed E-state index contributed by atoms with van der Waals surface area (Å²) in [5, 5.41) is 10.9. The summed E-state index contributed by atoms with van der Waals surface area (Å²) in [7, 11) is 0. The molecule has 0 spiro atoms. The van der Waals surface area contributed by atoms with E-state index in [1.165, 1.54) is 35.0 Å². The summed E-state index contributed by atoms with van der Waals surface area (Å²) >= 11 is 3.29. The number of aromatic nitrogens is 2. The molecule has 1 aliphatic rings. The maximum Gasteiger partial charge on any atom is 0.191 e. The lowest BCUT2D eigenvalue weighted by Crippen LogP contribution is -2.01. The van der Waals surface area contributed by atoms with Crippen molar-refractivity contribution < 1.29 is 0 Å². The van der Waals surface area contributed by atoms with Crippen LogP contribution >= 0.6 is 23.1 Å². The minimum Gasteiger partial charge on any atom is -0.383 e. The second-order valence-electron chi connectivity index (χ2n) is 5.84. The summed E-state index contributed by atoms with van der Waals surface area (Å²) < 4.78 is 0. The lowest BCUT2D eigenvalue weighted by Gasteiger charge is -2.10. The minimum atomic E-state index is 0.593. The second-order valence-corrected chi connectivity index (χ2v) is 7.87. The van der Waals surface area contributed by atoms with Crippen molar-refractivity contribution in [1.29, 1.82) is 5.26 Å². The van der Waals surface area contributed by atoms with E-state index in [9.17, 15) is 5.26 Å². The Hall–Kier alpha value is -2.10. The number of aryl methyl sites for hydroxylation is 2. The van der Waals surface area contributed by atoms with Gasteiger partial charge in [0.25, 0.3) is 0 Å². The maximum absolute atomic E-state index is 9.19. The molecule has 0 fully saturated rings. The average Bonchev–Trinajstić information content (AvgIpc) is 2.99. The Balaban J connectivity index is 1.65. The first-order valence-corrected chi connectivity index (χ1v) is 9.75. The molecule has 0 saturated carbocycles. The van der Waals surface area contributed by atoms with Gasteiger partial charge < -0.3 is 5.73 Å². The highest BCUT2D eigenvalue weighted by atomic mass is 32.2. The van der Waals surface area contributed by atoms with Gasteiger partial charge in [0, 0.05) is 10.6 Å². The number of hydrogen-bond acceptors (Lipinski definition) is 6. The van der Waals surface area contributed by atoms with Crippen molar-refractivity contribution in [3.8, 4) is 6.07 Å².